The van der Waals surface area contributed by atoms with E-state index in [4.69, 9.17) is 25.2 Å². The maximum atomic E-state index is 7.02. The van der Waals surface area contributed by atoms with E-state index in [1.165, 1.54) is 11.1 Å². The van der Waals surface area contributed by atoms with Crippen LogP contribution in [0.2, 0.25) is 0 Å². The van der Waals surface area contributed by atoms with Gasteiger partial charge in [0.15, 0.2) is 11.5 Å². The minimum Gasteiger partial charge on any atom is -0.481 e. The highest BCUT2D eigenvalue weighted by molar-refractivity contribution is 6.25. The molecule has 0 saturated heterocycles. The standard InChI is InChI=1S/C51H36ClNO3/c1-2-44-48(30-31-52)55-49-43-33-40(27-29-47(43)56-50(49)51(44,36-16-8-4-9-17-36)37-18-10-5-11-19-37)53(38-24-22-35(23-25-38)34-14-6-3-7-15-34)39-26-28-46-42(32-39)41-20-12-13-21-45(41)54-46/h2-33,44,48H,1H2/b31-30+. The first kappa shape index (κ1) is 33.8. The van der Waals surface area contributed by atoms with Crippen LogP contribution in [0.25, 0.3) is 44.0 Å². The number of rotatable bonds is 8. The van der Waals surface area contributed by atoms with Crippen molar-refractivity contribution in [2.75, 3.05) is 4.90 Å². The van der Waals surface area contributed by atoms with Crippen LogP contribution >= 0.6 is 11.6 Å². The van der Waals surface area contributed by atoms with Gasteiger partial charge in [-0.25, -0.2) is 0 Å². The number of halogens is 1. The Balaban J connectivity index is 1.21. The van der Waals surface area contributed by atoms with Crippen molar-refractivity contribution in [1.82, 2.24) is 0 Å². The highest BCUT2D eigenvalue weighted by atomic mass is 35.5. The summed E-state index contributed by atoms with van der Waals surface area (Å²) in [5, 5.41) is 2.99. The Kier molecular flexibility index (Phi) is 8.35. The summed E-state index contributed by atoms with van der Waals surface area (Å²) < 4.78 is 20.2. The molecule has 7 aromatic carbocycles. The molecule has 0 bridgehead atoms. The minimum atomic E-state index is -0.765. The maximum Gasteiger partial charge on any atom is 0.170 e. The molecule has 270 valence electrons. The van der Waals surface area contributed by atoms with E-state index < -0.39 is 11.5 Å². The Morgan fingerprint density at radius 3 is 1.71 bits per heavy atom. The van der Waals surface area contributed by atoms with E-state index in [1.54, 1.807) is 0 Å². The van der Waals surface area contributed by atoms with Gasteiger partial charge in [-0.15, -0.1) is 6.58 Å². The Morgan fingerprint density at radius 2 is 1.07 bits per heavy atom. The summed E-state index contributed by atoms with van der Waals surface area (Å²) in [4.78, 5) is 2.28. The number of furan rings is 2. The average molecular weight is 746 g/mol. The zero-order valence-corrected chi connectivity index (χ0v) is 31.1. The number of hydrogen-bond acceptors (Lipinski definition) is 4. The topological polar surface area (TPSA) is 38.8 Å². The summed E-state index contributed by atoms with van der Waals surface area (Å²) in [7, 11) is 0. The van der Waals surface area contributed by atoms with Gasteiger partial charge in [0.2, 0.25) is 0 Å². The number of nitrogens with zero attached hydrogens (tertiary/aromatic N) is 1. The van der Waals surface area contributed by atoms with Gasteiger partial charge in [0.05, 0.1) is 10.8 Å². The Morgan fingerprint density at radius 1 is 0.536 bits per heavy atom. The molecule has 5 heteroatoms. The van der Waals surface area contributed by atoms with Crippen LogP contribution in [-0.4, -0.2) is 6.10 Å². The van der Waals surface area contributed by atoms with Crippen LogP contribution in [0.1, 0.15) is 16.9 Å². The van der Waals surface area contributed by atoms with Gasteiger partial charge in [-0.05, 0) is 82.9 Å². The number of fused-ring (bicyclic) bond motifs is 6. The van der Waals surface area contributed by atoms with Crippen LogP contribution in [0.4, 0.5) is 17.1 Å². The van der Waals surface area contributed by atoms with Crippen molar-refractivity contribution in [1.29, 1.82) is 0 Å². The van der Waals surface area contributed by atoms with Gasteiger partial charge >= 0.3 is 0 Å². The summed E-state index contributed by atoms with van der Waals surface area (Å²) >= 11 is 6.35. The van der Waals surface area contributed by atoms with Gasteiger partial charge in [0.25, 0.3) is 0 Å². The lowest BCUT2D eigenvalue weighted by molar-refractivity contribution is 0.127. The molecule has 0 saturated carbocycles. The van der Waals surface area contributed by atoms with Gasteiger partial charge in [0, 0.05) is 39.3 Å². The Hall–Kier alpha value is -6.75. The highest BCUT2D eigenvalue weighted by Gasteiger charge is 2.54. The predicted octanol–water partition coefficient (Wildman–Crippen LogP) is 14.1. The molecular weight excluding hydrogens is 710 g/mol. The summed E-state index contributed by atoms with van der Waals surface area (Å²) in [6.07, 6.45) is 3.45. The number of anilines is 3. The smallest absolute Gasteiger partial charge is 0.170 e. The molecule has 1 aliphatic heterocycles. The third-order valence-corrected chi connectivity index (χ3v) is 11.3. The van der Waals surface area contributed by atoms with Gasteiger partial charge in [-0.1, -0.05) is 139 Å². The van der Waals surface area contributed by atoms with Crippen LogP contribution in [-0.2, 0) is 5.41 Å². The molecule has 0 fully saturated rings. The largest absolute Gasteiger partial charge is 0.481 e. The minimum absolute atomic E-state index is 0.244. The first-order chi connectivity index (χ1) is 27.7. The van der Waals surface area contributed by atoms with Gasteiger partial charge in [-0.2, -0.15) is 0 Å². The van der Waals surface area contributed by atoms with Crippen molar-refractivity contribution >= 4 is 61.6 Å². The summed E-state index contributed by atoms with van der Waals surface area (Å²) in [5.41, 5.74) is 10.6. The van der Waals surface area contributed by atoms with E-state index in [-0.39, 0.29) is 5.92 Å². The van der Waals surface area contributed by atoms with Gasteiger partial charge in [0.1, 0.15) is 22.9 Å². The van der Waals surface area contributed by atoms with E-state index in [0.29, 0.717) is 5.75 Å². The fourth-order valence-corrected chi connectivity index (χ4v) is 8.82. The predicted molar refractivity (Wildman–Crippen MR) is 229 cm³/mol. The third kappa shape index (κ3) is 5.37. The average Bonchev–Trinajstić information content (AvgIpc) is 3.82. The van der Waals surface area contributed by atoms with Crippen LogP contribution < -0.4 is 9.64 Å². The highest BCUT2D eigenvalue weighted by Crippen LogP contribution is 2.57. The molecule has 1 aliphatic rings. The molecular formula is C51H36ClNO3. The first-order valence-corrected chi connectivity index (χ1v) is 19.2. The van der Waals surface area contributed by atoms with E-state index in [1.807, 2.05) is 42.5 Å². The fourth-order valence-electron chi connectivity index (χ4n) is 8.68. The van der Waals surface area contributed by atoms with Crippen molar-refractivity contribution < 1.29 is 13.6 Å². The van der Waals surface area contributed by atoms with Crippen molar-refractivity contribution in [2.24, 2.45) is 5.92 Å². The zero-order valence-electron chi connectivity index (χ0n) is 30.4. The second-order valence-corrected chi connectivity index (χ2v) is 14.4. The number of benzene rings is 7. The molecule has 0 spiro atoms. The van der Waals surface area contributed by atoms with Crippen molar-refractivity contribution in [3.8, 4) is 16.9 Å². The van der Waals surface area contributed by atoms with E-state index in [2.05, 4.69) is 157 Å². The van der Waals surface area contributed by atoms with Crippen molar-refractivity contribution in [2.45, 2.75) is 11.5 Å². The second-order valence-electron chi connectivity index (χ2n) is 14.2. The molecule has 0 N–H and O–H groups in total. The quantitative estimate of drug-likeness (QED) is 0.145. The van der Waals surface area contributed by atoms with Gasteiger partial charge in [-0.3, -0.25) is 0 Å². The third-order valence-electron chi connectivity index (χ3n) is 11.2. The molecule has 9 aromatic rings. The molecule has 10 rings (SSSR count). The molecule has 0 aliphatic carbocycles. The Bertz CT molecular complexity index is 2840. The Labute approximate surface area is 330 Å². The lowest BCUT2D eigenvalue weighted by Gasteiger charge is -2.45. The lowest BCUT2D eigenvalue weighted by atomic mass is 9.61. The van der Waals surface area contributed by atoms with Crippen molar-refractivity contribution in [3.05, 3.63) is 217 Å². The number of hydrogen-bond donors (Lipinski definition) is 0. The van der Waals surface area contributed by atoms with E-state index >= 15 is 0 Å². The molecule has 0 radical (unpaired) electrons. The number of ether oxygens (including phenoxy) is 1. The van der Waals surface area contributed by atoms with Gasteiger partial charge < -0.3 is 18.5 Å². The fraction of sp³-hybridized carbons (Fsp3) is 0.0588. The van der Waals surface area contributed by atoms with Crippen molar-refractivity contribution in [3.63, 3.8) is 0 Å². The summed E-state index contributed by atoms with van der Waals surface area (Å²) in [6.45, 7) is 4.34. The van der Waals surface area contributed by atoms with Crippen LogP contribution in [0, 0.1) is 5.92 Å². The molecule has 2 unspecified atom stereocenters. The molecule has 2 atom stereocenters. The monoisotopic (exact) mass is 745 g/mol. The maximum absolute atomic E-state index is 7.02. The summed E-state index contributed by atoms with van der Waals surface area (Å²) in [5.74, 6) is 1.17. The molecule has 3 heterocycles. The zero-order chi connectivity index (χ0) is 37.6. The van der Waals surface area contributed by atoms with Crippen LogP contribution in [0.15, 0.2) is 209 Å². The first-order valence-electron chi connectivity index (χ1n) is 18.8. The van der Waals surface area contributed by atoms with E-state index in [9.17, 15) is 0 Å². The summed E-state index contributed by atoms with van der Waals surface area (Å²) in [6, 6.07) is 61.1. The molecule has 2 aromatic heterocycles. The van der Waals surface area contributed by atoms with Crippen LogP contribution in [0.3, 0.4) is 0 Å². The normalized spacial score (nSPS) is 16.2. The SMILES string of the molecule is C=CC1C(/C=C/Cl)Oc2c(oc3ccc(N(c4ccc(-c5ccccc5)cc4)c4ccc5oc6ccccc6c5c4)cc23)C1(c1ccccc1)c1ccccc1. The molecule has 4 nitrogen and oxygen atoms in total. The molecule has 0 amide bonds. The van der Waals surface area contributed by atoms with E-state index in [0.717, 1.165) is 72.4 Å². The molecule has 56 heavy (non-hydrogen) atoms. The lowest BCUT2D eigenvalue weighted by Crippen LogP contribution is -2.47. The van der Waals surface area contributed by atoms with Crippen LogP contribution in [0.5, 0.6) is 5.75 Å². The second kappa shape index (κ2) is 13.8. The number of para-hydroxylation sites is 1.